The molecule has 0 aliphatic heterocycles. The fourth-order valence-corrected chi connectivity index (χ4v) is 3.84. The molecule has 1 heterocycles. The number of carbonyl (C=O) groups is 2. The van der Waals surface area contributed by atoms with Crippen molar-refractivity contribution in [1.82, 2.24) is 20.4 Å². The summed E-state index contributed by atoms with van der Waals surface area (Å²) >= 11 is 0. The summed E-state index contributed by atoms with van der Waals surface area (Å²) in [5.41, 5.74) is 4.50. The third kappa shape index (κ3) is 5.65. The van der Waals surface area contributed by atoms with Gasteiger partial charge < -0.3 is 15.4 Å². The Morgan fingerprint density at radius 3 is 2.35 bits per heavy atom. The van der Waals surface area contributed by atoms with E-state index in [4.69, 9.17) is 4.74 Å². The highest BCUT2D eigenvalue weighted by Gasteiger charge is 2.24. The van der Waals surface area contributed by atoms with E-state index in [1.165, 1.54) is 5.56 Å². The molecule has 1 fully saturated rings. The van der Waals surface area contributed by atoms with Crippen LogP contribution in [0.1, 0.15) is 72.8 Å². The largest absolute Gasteiger partial charge is 0.484 e. The van der Waals surface area contributed by atoms with Gasteiger partial charge in [0.25, 0.3) is 11.8 Å². The molecule has 1 saturated carbocycles. The van der Waals surface area contributed by atoms with Crippen LogP contribution >= 0.6 is 0 Å². The molecular weight excluding hydrogens is 428 g/mol. The van der Waals surface area contributed by atoms with Crippen LogP contribution < -0.4 is 15.4 Å². The van der Waals surface area contributed by atoms with E-state index in [1.54, 1.807) is 6.20 Å². The first-order valence-electron chi connectivity index (χ1n) is 11.8. The number of nitrogens with one attached hydrogen (secondary N) is 2. The fourth-order valence-electron chi connectivity index (χ4n) is 3.84. The first kappa shape index (κ1) is 23.5. The lowest BCUT2D eigenvalue weighted by Gasteiger charge is -2.17. The molecule has 7 nitrogen and oxygen atoms in total. The molecule has 34 heavy (non-hydrogen) atoms. The fraction of sp³-hybridized carbons (Fsp3) is 0.370. The average Bonchev–Trinajstić information content (AvgIpc) is 3.51. The zero-order valence-electron chi connectivity index (χ0n) is 20.2. The Balaban J connectivity index is 1.41. The van der Waals surface area contributed by atoms with Gasteiger partial charge in [-0.05, 0) is 62.4 Å². The molecule has 1 unspecified atom stereocenters. The summed E-state index contributed by atoms with van der Waals surface area (Å²) in [4.78, 5) is 24.9. The van der Waals surface area contributed by atoms with Crippen LogP contribution in [-0.2, 0) is 4.79 Å². The molecule has 1 atom stereocenters. The number of aryl methyl sites for hydroxylation is 1. The van der Waals surface area contributed by atoms with E-state index in [-0.39, 0.29) is 30.4 Å². The first-order chi connectivity index (χ1) is 16.3. The lowest BCUT2D eigenvalue weighted by atomic mass is 10.0. The lowest BCUT2D eigenvalue weighted by Crippen LogP contribution is -2.30. The molecule has 1 aliphatic carbocycles. The molecule has 2 N–H and O–H groups in total. The Morgan fingerprint density at radius 1 is 1.06 bits per heavy atom. The van der Waals surface area contributed by atoms with Gasteiger partial charge in [0, 0.05) is 6.04 Å². The number of amides is 2. The molecule has 1 aliphatic rings. The van der Waals surface area contributed by atoms with Gasteiger partial charge in [-0.25, -0.2) is 4.68 Å². The van der Waals surface area contributed by atoms with E-state index in [2.05, 4.69) is 29.6 Å². The number of rotatable bonds is 9. The quantitative estimate of drug-likeness (QED) is 0.494. The van der Waals surface area contributed by atoms with Crippen molar-refractivity contribution in [2.24, 2.45) is 0 Å². The summed E-state index contributed by atoms with van der Waals surface area (Å²) in [5, 5.41) is 10.5. The zero-order chi connectivity index (χ0) is 24.2. The Kier molecular flexibility index (Phi) is 7.01. The summed E-state index contributed by atoms with van der Waals surface area (Å²) < 4.78 is 7.41. The van der Waals surface area contributed by atoms with Crippen LogP contribution in [-0.4, -0.2) is 34.2 Å². The Labute approximate surface area is 200 Å². The SMILES string of the molecule is Cc1ccc(-n2ncc(C(=O)NC(C)c3ccc(OCC(=O)NC4CC4)cc3)c2C(C)C)cc1. The van der Waals surface area contributed by atoms with Gasteiger partial charge in [0.1, 0.15) is 5.75 Å². The predicted molar refractivity (Wildman–Crippen MR) is 131 cm³/mol. The second kappa shape index (κ2) is 10.1. The molecule has 4 rings (SSSR count). The number of benzene rings is 2. The lowest BCUT2D eigenvalue weighted by molar-refractivity contribution is -0.123. The van der Waals surface area contributed by atoms with E-state index < -0.39 is 0 Å². The smallest absolute Gasteiger partial charge is 0.258 e. The van der Waals surface area contributed by atoms with Crippen LogP contribution in [0.2, 0.25) is 0 Å². The summed E-state index contributed by atoms with van der Waals surface area (Å²) in [6.07, 6.45) is 3.74. The van der Waals surface area contributed by atoms with Crippen LogP contribution in [0.25, 0.3) is 5.69 Å². The van der Waals surface area contributed by atoms with Crippen molar-refractivity contribution in [2.45, 2.75) is 58.5 Å². The van der Waals surface area contributed by atoms with Gasteiger partial charge in [0.05, 0.1) is 29.2 Å². The third-order valence-corrected chi connectivity index (χ3v) is 5.92. The van der Waals surface area contributed by atoms with Gasteiger partial charge in [0.15, 0.2) is 6.61 Å². The monoisotopic (exact) mass is 460 g/mol. The highest BCUT2D eigenvalue weighted by Crippen LogP contribution is 2.25. The van der Waals surface area contributed by atoms with E-state index in [1.807, 2.05) is 67.1 Å². The minimum Gasteiger partial charge on any atom is -0.484 e. The van der Waals surface area contributed by atoms with Gasteiger partial charge in [-0.3, -0.25) is 9.59 Å². The number of aromatic nitrogens is 2. The van der Waals surface area contributed by atoms with Crippen molar-refractivity contribution < 1.29 is 14.3 Å². The van der Waals surface area contributed by atoms with Gasteiger partial charge in [-0.1, -0.05) is 43.7 Å². The highest BCUT2D eigenvalue weighted by molar-refractivity contribution is 5.95. The molecule has 0 radical (unpaired) electrons. The predicted octanol–water partition coefficient (Wildman–Crippen LogP) is 4.45. The molecule has 178 valence electrons. The molecule has 1 aromatic heterocycles. The number of carbonyl (C=O) groups excluding carboxylic acids is 2. The number of hydrogen-bond acceptors (Lipinski definition) is 4. The molecule has 0 spiro atoms. The van der Waals surface area contributed by atoms with Crippen molar-refractivity contribution in [3.63, 3.8) is 0 Å². The van der Waals surface area contributed by atoms with Gasteiger partial charge >= 0.3 is 0 Å². The van der Waals surface area contributed by atoms with Crippen molar-refractivity contribution in [3.05, 3.63) is 77.1 Å². The van der Waals surface area contributed by atoms with E-state index in [0.29, 0.717) is 17.4 Å². The van der Waals surface area contributed by atoms with Gasteiger partial charge in [0.2, 0.25) is 0 Å². The first-order valence-corrected chi connectivity index (χ1v) is 11.8. The Hall–Kier alpha value is -3.61. The van der Waals surface area contributed by atoms with E-state index in [9.17, 15) is 9.59 Å². The average molecular weight is 461 g/mol. The van der Waals surface area contributed by atoms with Gasteiger partial charge in [-0.2, -0.15) is 5.10 Å². The summed E-state index contributed by atoms with van der Waals surface area (Å²) in [7, 11) is 0. The molecule has 0 saturated heterocycles. The second-order valence-electron chi connectivity index (χ2n) is 9.24. The van der Waals surface area contributed by atoms with Crippen LogP contribution in [0, 0.1) is 6.92 Å². The van der Waals surface area contributed by atoms with Crippen LogP contribution in [0.3, 0.4) is 0 Å². The van der Waals surface area contributed by atoms with Gasteiger partial charge in [-0.15, -0.1) is 0 Å². The second-order valence-corrected chi connectivity index (χ2v) is 9.24. The molecule has 7 heteroatoms. The summed E-state index contributed by atoms with van der Waals surface area (Å²) in [5.74, 6) is 0.481. The standard InChI is InChI=1S/C27H32N4O3/c1-17(2)26-24(15-28-31(26)22-11-5-18(3)6-12-22)27(33)29-19(4)20-7-13-23(14-8-20)34-16-25(32)30-21-9-10-21/h5-8,11-15,17,19,21H,9-10,16H2,1-4H3,(H,29,33)(H,30,32). The van der Waals surface area contributed by atoms with Crippen LogP contribution in [0.4, 0.5) is 0 Å². The molecule has 0 bridgehead atoms. The van der Waals surface area contributed by atoms with Crippen molar-refractivity contribution in [3.8, 4) is 11.4 Å². The topological polar surface area (TPSA) is 85.2 Å². The number of ether oxygens (including phenoxy) is 1. The maximum Gasteiger partial charge on any atom is 0.258 e. The van der Waals surface area contributed by atoms with E-state index in [0.717, 1.165) is 29.8 Å². The molecule has 2 aromatic carbocycles. The molecular formula is C27H32N4O3. The maximum absolute atomic E-state index is 13.2. The Bertz CT molecular complexity index is 1150. The third-order valence-electron chi connectivity index (χ3n) is 5.92. The summed E-state index contributed by atoms with van der Waals surface area (Å²) in [6.45, 7) is 8.11. The zero-order valence-corrected chi connectivity index (χ0v) is 20.2. The number of hydrogen-bond donors (Lipinski definition) is 2. The Morgan fingerprint density at radius 2 is 1.74 bits per heavy atom. The van der Waals surface area contributed by atoms with Crippen LogP contribution in [0.5, 0.6) is 5.75 Å². The minimum absolute atomic E-state index is 0.00505. The van der Waals surface area contributed by atoms with Crippen LogP contribution in [0.15, 0.2) is 54.7 Å². The maximum atomic E-state index is 13.2. The summed E-state index contributed by atoms with van der Waals surface area (Å²) in [6, 6.07) is 15.7. The van der Waals surface area contributed by atoms with Crippen molar-refractivity contribution in [1.29, 1.82) is 0 Å². The molecule has 2 amide bonds. The van der Waals surface area contributed by atoms with Crippen molar-refractivity contribution >= 4 is 11.8 Å². The normalized spacial score (nSPS) is 14.0. The highest BCUT2D eigenvalue weighted by atomic mass is 16.5. The van der Waals surface area contributed by atoms with E-state index >= 15 is 0 Å². The number of nitrogens with zero attached hydrogens (tertiary/aromatic N) is 2. The minimum atomic E-state index is -0.206. The molecule has 3 aromatic rings. The van der Waals surface area contributed by atoms with Crippen molar-refractivity contribution in [2.75, 3.05) is 6.61 Å².